The predicted molar refractivity (Wildman–Crippen MR) is 78.2 cm³/mol. The molecule has 1 unspecified atom stereocenters. The minimum atomic E-state index is -1.03. The van der Waals surface area contributed by atoms with Gasteiger partial charge in [-0.1, -0.05) is 6.07 Å². The molecular weight excluding hydrogens is 334 g/mol. The van der Waals surface area contributed by atoms with Crippen LogP contribution in [0.1, 0.15) is 21.5 Å². The summed E-state index contributed by atoms with van der Waals surface area (Å²) < 4.78 is 0.891. The van der Waals surface area contributed by atoms with Gasteiger partial charge in [0.15, 0.2) is 0 Å². The first kappa shape index (κ1) is 13.7. The first-order chi connectivity index (χ1) is 8.49. The number of hydrogen-bond donors (Lipinski definition) is 2. The Hall–Kier alpha value is -0.690. The van der Waals surface area contributed by atoms with Crippen molar-refractivity contribution in [2.24, 2.45) is 0 Å². The summed E-state index contributed by atoms with van der Waals surface area (Å²) in [4.78, 5) is 13.3. The van der Waals surface area contributed by atoms with Crippen molar-refractivity contribution in [3.8, 4) is 0 Å². The lowest BCUT2D eigenvalue weighted by Gasteiger charge is -2.22. The third-order valence-electron chi connectivity index (χ3n) is 2.44. The minimum absolute atomic E-state index is 0.164. The molecule has 1 atom stereocenters. The molecule has 0 bridgehead atoms. The monoisotopic (exact) mass is 345 g/mol. The topological polar surface area (TPSA) is 49.3 Å². The molecule has 96 valence electrons. The van der Waals surface area contributed by atoms with Gasteiger partial charge in [0.1, 0.15) is 5.60 Å². The summed E-state index contributed by atoms with van der Waals surface area (Å²) in [7, 11) is 0. The molecule has 0 radical (unpaired) electrons. The molecule has 0 saturated carbocycles. The maximum absolute atomic E-state index is 11.8. The van der Waals surface area contributed by atoms with Crippen molar-refractivity contribution < 1.29 is 9.90 Å². The van der Waals surface area contributed by atoms with Crippen LogP contribution in [0, 0.1) is 0 Å². The summed E-state index contributed by atoms with van der Waals surface area (Å²) in [5, 5.41) is 16.8. The number of rotatable bonds is 4. The van der Waals surface area contributed by atoms with Crippen LogP contribution >= 0.6 is 38.6 Å². The second-order valence-corrected chi connectivity index (χ2v) is 6.84. The highest BCUT2D eigenvalue weighted by atomic mass is 79.9. The molecule has 0 aromatic carbocycles. The number of carbonyl (C=O) groups excluding carboxylic acids is 1. The van der Waals surface area contributed by atoms with Crippen LogP contribution in [0.3, 0.4) is 0 Å². The molecule has 3 nitrogen and oxygen atoms in total. The minimum Gasteiger partial charge on any atom is -0.383 e. The molecule has 2 N–H and O–H groups in total. The van der Waals surface area contributed by atoms with Crippen molar-refractivity contribution in [1.29, 1.82) is 0 Å². The number of thiophene rings is 2. The largest absolute Gasteiger partial charge is 0.383 e. The van der Waals surface area contributed by atoms with E-state index in [0.29, 0.717) is 4.88 Å². The predicted octanol–water partition coefficient (Wildman–Crippen LogP) is 3.21. The van der Waals surface area contributed by atoms with Crippen molar-refractivity contribution in [3.05, 3.63) is 43.2 Å². The van der Waals surface area contributed by atoms with Gasteiger partial charge < -0.3 is 10.4 Å². The highest BCUT2D eigenvalue weighted by molar-refractivity contribution is 9.10. The summed E-state index contributed by atoms with van der Waals surface area (Å²) >= 11 is 6.15. The van der Waals surface area contributed by atoms with Gasteiger partial charge in [-0.2, -0.15) is 0 Å². The van der Waals surface area contributed by atoms with Crippen LogP contribution in [0.25, 0.3) is 0 Å². The van der Waals surface area contributed by atoms with Gasteiger partial charge in [0.2, 0.25) is 0 Å². The van der Waals surface area contributed by atoms with E-state index >= 15 is 0 Å². The van der Waals surface area contributed by atoms with E-state index in [1.165, 1.54) is 22.7 Å². The molecule has 2 aromatic rings. The van der Waals surface area contributed by atoms with Crippen LogP contribution in [0.4, 0.5) is 0 Å². The van der Waals surface area contributed by atoms with Crippen LogP contribution < -0.4 is 5.32 Å². The number of amides is 1. The zero-order valence-electron chi connectivity index (χ0n) is 9.64. The summed E-state index contributed by atoms with van der Waals surface area (Å²) in [5.74, 6) is -0.164. The Morgan fingerprint density at radius 1 is 1.56 bits per heavy atom. The Morgan fingerprint density at radius 2 is 2.33 bits per heavy atom. The molecule has 2 heterocycles. The van der Waals surface area contributed by atoms with Gasteiger partial charge in [-0.3, -0.25) is 4.79 Å². The number of aliphatic hydroxyl groups is 1. The van der Waals surface area contributed by atoms with Gasteiger partial charge in [0.05, 0.1) is 11.4 Å². The third kappa shape index (κ3) is 3.20. The van der Waals surface area contributed by atoms with Crippen molar-refractivity contribution in [2.45, 2.75) is 12.5 Å². The molecule has 2 aromatic heterocycles. The van der Waals surface area contributed by atoms with Crippen LogP contribution in [0.2, 0.25) is 0 Å². The molecule has 18 heavy (non-hydrogen) atoms. The molecule has 0 aliphatic heterocycles. The van der Waals surface area contributed by atoms with Gasteiger partial charge >= 0.3 is 0 Å². The summed E-state index contributed by atoms with van der Waals surface area (Å²) in [5.41, 5.74) is -1.03. The Labute approximate surface area is 122 Å². The Morgan fingerprint density at radius 3 is 2.89 bits per heavy atom. The normalized spacial score (nSPS) is 14.2. The molecule has 0 aliphatic carbocycles. The van der Waals surface area contributed by atoms with E-state index in [2.05, 4.69) is 21.2 Å². The van der Waals surface area contributed by atoms with E-state index in [-0.39, 0.29) is 12.5 Å². The zero-order chi connectivity index (χ0) is 13.2. The molecule has 0 spiro atoms. The lowest BCUT2D eigenvalue weighted by molar-refractivity contribution is 0.0558. The third-order valence-corrected chi connectivity index (χ3v) is 5.25. The number of hydrogen-bond acceptors (Lipinski definition) is 4. The fourth-order valence-corrected chi connectivity index (χ4v) is 3.57. The van der Waals surface area contributed by atoms with E-state index < -0.39 is 5.60 Å². The van der Waals surface area contributed by atoms with Crippen molar-refractivity contribution >= 4 is 44.5 Å². The van der Waals surface area contributed by atoms with Gasteiger partial charge in [0, 0.05) is 14.7 Å². The van der Waals surface area contributed by atoms with E-state index in [1.54, 1.807) is 13.0 Å². The zero-order valence-corrected chi connectivity index (χ0v) is 12.9. The second kappa shape index (κ2) is 5.52. The fraction of sp³-hybridized carbons (Fsp3) is 0.250. The maximum Gasteiger partial charge on any atom is 0.261 e. The summed E-state index contributed by atoms with van der Waals surface area (Å²) in [6.45, 7) is 1.89. The first-order valence-electron chi connectivity index (χ1n) is 5.27. The SMILES string of the molecule is CC(O)(CNC(=O)c1cc(Br)cs1)c1cccs1. The number of carbonyl (C=O) groups is 1. The molecular formula is C12H12BrNO2S2. The molecule has 0 fully saturated rings. The van der Waals surface area contributed by atoms with E-state index in [4.69, 9.17) is 0 Å². The average Bonchev–Trinajstić information content (AvgIpc) is 2.96. The van der Waals surface area contributed by atoms with Crippen molar-refractivity contribution in [3.63, 3.8) is 0 Å². The smallest absolute Gasteiger partial charge is 0.261 e. The van der Waals surface area contributed by atoms with E-state index in [9.17, 15) is 9.90 Å². The van der Waals surface area contributed by atoms with E-state index in [1.807, 2.05) is 22.9 Å². The molecule has 6 heteroatoms. The summed E-state index contributed by atoms with van der Waals surface area (Å²) in [6, 6.07) is 5.51. The van der Waals surface area contributed by atoms with E-state index in [0.717, 1.165) is 9.35 Å². The van der Waals surface area contributed by atoms with Crippen LogP contribution in [0.5, 0.6) is 0 Å². The Bertz CT molecular complexity index is 534. The maximum atomic E-state index is 11.8. The molecule has 1 amide bonds. The first-order valence-corrected chi connectivity index (χ1v) is 7.83. The molecule has 2 rings (SSSR count). The lowest BCUT2D eigenvalue weighted by Crippen LogP contribution is -2.37. The highest BCUT2D eigenvalue weighted by Gasteiger charge is 2.25. The van der Waals surface area contributed by atoms with Gasteiger partial charge in [0.25, 0.3) is 5.91 Å². The van der Waals surface area contributed by atoms with Crippen molar-refractivity contribution in [2.75, 3.05) is 6.54 Å². The number of halogens is 1. The quantitative estimate of drug-likeness (QED) is 0.893. The van der Waals surface area contributed by atoms with Crippen LogP contribution in [-0.2, 0) is 5.60 Å². The Balaban J connectivity index is 1.98. The van der Waals surface area contributed by atoms with Crippen LogP contribution in [-0.4, -0.2) is 17.6 Å². The molecule has 0 aliphatic rings. The second-order valence-electron chi connectivity index (χ2n) is 4.06. The average molecular weight is 346 g/mol. The van der Waals surface area contributed by atoms with Crippen LogP contribution in [0.15, 0.2) is 33.4 Å². The van der Waals surface area contributed by atoms with Crippen molar-refractivity contribution in [1.82, 2.24) is 5.32 Å². The molecule has 0 saturated heterocycles. The van der Waals surface area contributed by atoms with Gasteiger partial charge in [-0.25, -0.2) is 0 Å². The summed E-state index contributed by atoms with van der Waals surface area (Å²) in [6.07, 6.45) is 0. The fourth-order valence-electron chi connectivity index (χ4n) is 1.44. The standard InChI is InChI=1S/C12H12BrNO2S2/c1-12(16,10-3-2-4-17-10)7-14-11(15)9-5-8(13)6-18-9/h2-6,16H,7H2,1H3,(H,14,15). The Kier molecular flexibility index (Phi) is 4.21. The van der Waals surface area contributed by atoms with Gasteiger partial charge in [-0.05, 0) is 40.4 Å². The van der Waals surface area contributed by atoms with Gasteiger partial charge in [-0.15, -0.1) is 22.7 Å². The number of nitrogens with one attached hydrogen (secondary N) is 1. The highest BCUT2D eigenvalue weighted by Crippen LogP contribution is 2.25. The lowest BCUT2D eigenvalue weighted by atomic mass is 10.1.